The number of aryl methyl sites for hydroxylation is 1. The third-order valence-electron chi connectivity index (χ3n) is 1.82. The van der Waals surface area contributed by atoms with E-state index in [0.29, 0.717) is 0 Å². The van der Waals surface area contributed by atoms with Gasteiger partial charge in [0.15, 0.2) is 0 Å². The van der Waals surface area contributed by atoms with Crippen LogP contribution in [-0.2, 0) is 17.3 Å². The standard InChI is InChI=1S/C9H15NOS2/c1-8-3-5-12-9(8)7-10-4-6-13(2)11/h3,5,10H,4,6-7H2,1-2H3. The molecule has 0 fully saturated rings. The van der Waals surface area contributed by atoms with Crippen molar-refractivity contribution in [1.82, 2.24) is 5.32 Å². The fourth-order valence-electron chi connectivity index (χ4n) is 1.00. The molecule has 0 aromatic carbocycles. The highest BCUT2D eigenvalue weighted by Gasteiger charge is 1.98. The van der Waals surface area contributed by atoms with E-state index in [1.165, 1.54) is 10.4 Å². The first kappa shape index (κ1) is 10.9. The molecule has 0 bridgehead atoms. The van der Waals surface area contributed by atoms with Gasteiger partial charge in [-0.3, -0.25) is 4.21 Å². The first-order valence-electron chi connectivity index (χ1n) is 4.24. The molecule has 1 heterocycles. The summed E-state index contributed by atoms with van der Waals surface area (Å²) < 4.78 is 10.7. The van der Waals surface area contributed by atoms with Crippen molar-refractivity contribution in [2.45, 2.75) is 13.5 Å². The van der Waals surface area contributed by atoms with E-state index >= 15 is 0 Å². The Balaban J connectivity index is 2.20. The van der Waals surface area contributed by atoms with Crippen LogP contribution in [0.5, 0.6) is 0 Å². The predicted octanol–water partition coefficient (Wildman–Crippen LogP) is 1.52. The van der Waals surface area contributed by atoms with E-state index in [1.54, 1.807) is 17.6 Å². The number of hydrogen-bond acceptors (Lipinski definition) is 3. The molecule has 74 valence electrons. The Morgan fingerprint density at radius 2 is 2.38 bits per heavy atom. The molecule has 1 N–H and O–H groups in total. The van der Waals surface area contributed by atoms with Gasteiger partial charge in [-0.2, -0.15) is 0 Å². The lowest BCUT2D eigenvalue weighted by Gasteiger charge is -2.02. The maximum Gasteiger partial charge on any atom is 0.0357 e. The Morgan fingerprint density at radius 1 is 1.62 bits per heavy atom. The van der Waals surface area contributed by atoms with Crippen LogP contribution in [0.1, 0.15) is 10.4 Å². The molecule has 1 rings (SSSR count). The molecular formula is C9H15NOS2. The van der Waals surface area contributed by atoms with Crippen molar-refractivity contribution >= 4 is 22.1 Å². The SMILES string of the molecule is Cc1ccsc1CNCCS(C)=O. The Labute approximate surface area is 85.8 Å². The van der Waals surface area contributed by atoms with E-state index in [4.69, 9.17) is 0 Å². The Bertz CT molecular complexity index is 283. The molecule has 4 heteroatoms. The van der Waals surface area contributed by atoms with Crippen LogP contribution in [0.15, 0.2) is 11.4 Å². The van der Waals surface area contributed by atoms with Crippen LogP contribution < -0.4 is 5.32 Å². The van der Waals surface area contributed by atoms with Gasteiger partial charge in [0.25, 0.3) is 0 Å². The van der Waals surface area contributed by atoms with Crippen LogP contribution in [-0.4, -0.2) is 22.8 Å². The second-order valence-corrected chi connectivity index (χ2v) is 5.54. The van der Waals surface area contributed by atoms with Crippen LogP contribution in [0.3, 0.4) is 0 Å². The monoisotopic (exact) mass is 217 g/mol. The summed E-state index contributed by atoms with van der Waals surface area (Å²) in [5.41, 5.74) is 1.34. The van der Waals surface area contributed by atoms with Crippen LogP contribution in [0.2, 0.25) is 0 Å². The summed E-state index contributed by atoms with van der Waals surface area (Å²) in [5.74, 6) is 0.740. The maximum absolute atomic E-state index is 10.7. The number of thiophene rings is 1. The Hall–Kier alpha value is -0.190. The highest BCUT2D eigenvalue weighted by atomic mass is 32.2. The molecule has 1 aromatic heterocycles. The van der Waals surface area contributed by atoms with Crippen molar-refractivity contribution in [3.63, 3.8) is 0 Å². The van der Waals surface area contributed by atoms with E-state index < -0.39 is 10.8 Å². The zero-order valence-electron chi connectivity index (χ0n) is 8.00. The molecule has 0 radical (unpaired) electrons. The van der Waals surface area contributed by atoms with Gasteiger partial charge in [-0.15, -0.1) is 11.3 Å². The van der Waals surface area contributed by atoms with Gasteiger partial charge in [0.2, 0.25) is 0 Å². The molecule has 0 spiro atoms. The summed E-state index contributed by atoms with van der Waals surface area (Å²) in [5, 5.41) is 5.38. The van der Waals surface area contributed by atoms with E-state index in [1.807, 2.05) is 0 Å². The molecule has 0 saturated carbocycles. The van der Waals surface area contributed by atoms with Gasteiger partial charge in [-0.1, -0.05) is 0 Å². The van der Waals surface area contributed by atoms with E-state index in [0.717, 1.165) is 18.8 Å². The highest BCUT2D eigenvalue weighted by molar-refractivity contribution is 7.84. The van der Waals surface area contributed by atoms with Gasteiger partial charge in [0, 0.05) is 40.8 Å². The molecule has 0 aliphatic heterocycles. The van der Waals surface area contributed by atoms with Gasteiger partial charge >= 0.3 is 0 Å². The zero-order chi connectivity index (χ0) is 9.68. The summed E-state index contributed by atoms with van der Waals surface area (Å²) >= 11 is 1.77. The molecule has 0 aliphatic rings. The topological polar surface area (TPSA) is 29.1 Å². The normalized spacial score (nSPS) is 13.1. The maximum atomic E-state index is 10.7. The lowest BCUT2D eigenvalue weighted by Crippen LogP contribution is -2.19. The van der Waals surface area contributed by atoms with Crippen LogP contribution in [0.4, 0.5) is 0 Å². The average Bonchev–Trinajstić information content (AvgIpc) is 2.45. The summed E-state index contributed by atoms with van der Waals surface area (Å²) in [4.78, 5) is 1.38. The minimum absolute atomic E-state index is 0.678. The van der Waals surface area contributed by atoms with Crippen molar-refractivity contribution < 1.29 is 4.21 Å². The molecule has 1 atom stereocenters. The molecular weight excluding hydrogens is 202 g/mol. The molecule has 1 aromatic rings. The summed E-state index contributed by atoms with van der Waals surface area (Å²) in [7, 11) is -0.678. The number of nitrogens with one attached hydrogen (secondary N) is 1. The van der Waals surface area contributed by atoms with E-state index in [-0.39, 0.29) is 0 Å². The Kier molecular flexibility index (Phi) is 4.62. The Morgan fingerprint density at radius 3 is 2.92 bits per heavy atom. The van der Waals surface area contributed by atoms with Crippen LogP contribution >= 0.6 is 11.3 Å². The number of rotatable bonds is 5. The summed E-state index contributed by atoms with van der Waals surface area (Å²) in [6.45, 7) is 3.85. The largest absolute Gasteiger partial charge is 0.311 e. The molecule has 13 heavy (non-hydrogen) atoms. The molecule has 0 aliphatic carbocycles. The van der Waals surface area contributed by atoms with Gasteiger partial charge in [-0.25, -0.2) is 0 Å². The van der Waals surface area contributed by atoms with E-state index in [9.17, 15) is 4.21 Å². The zero-order valence-corrected chi connectivity index (χ0v) is 9.63. The van der Waals surface area contributed by atoms with Crippen molar-refractivity contribution in [3.05, 3.63) is 21.9 Å². The average molecular weight is 217 g/mol. The fourth-order valence-corrected chi connectivity index (χ4v) is 2.31. The van der Waals surface area contributed by atoms with Gasteiger partial charge in [-0.05, 0) is 23.9 Å². The molecule has 0 amide bonds. The van der Waals surface area contributed by atoms with Gasteiger partial charge in [0.1, 0.15) is 0 Å². The van der Waals surface area contributed by atoms with Crippen molar-refractivity contribution in [1.29, 1.82) is 0 Å². The quantitative estimate of drug-likeness (QED) is 0.758. The van der Waals surface area contributed by atoms with Gasteiger partial charge in [0.05, 0.1) is 0 Å². The highest BCUT2D eigenvalue weighted by Crippen LogP contribution is 2.14. The van der Waals surface area contributed by atoms with Crippen LogP contribution in [0, 0.1) is 6.92 Å². The summed E-state index contributed by atoms with van der Waals surface area (Å²) in [6, 6.07) is 2.12. The van der Waals surface area contributed by atoms with E-state index in [2.05, 4.69) is 23.7 Å². The van der Waals surface area contributed by atoms with Crippen molar-refractivity contribution in [3.8, 4) is 0 Å². The first-order valence-corrected chi connectivity index (χ1v) is 6.84. The second kappa shape index (κ2) is 5.52. The first-order chi connectivity index (χ1) is 6.20. The predicted molar refractivity (Wildman–Crippen MR) is 59.7 cm³/mol. The molecule has 2 nitrogen and oxygen atoms in total. The van der Waals surface area contributed by atoms with Crippen LogP contribution in [0.25, 0.3) is 0 Å². The second-order valence-electron chi connectivity index (χ2n) is 2.98. The van der Waals surface area contributed by atoms with Gasteiger partial charge < -0.3 is 5.32 Å². The smallest absolute Gasteiger partial charge is 0.0357 e. The van der Waals surface area contributed by atoms with Crippen molar-refractivity contribution in [2.75, 3.05) is 18.6 Å². The minimum atomic E-state index is -0.678. The summed E-state index contributed by atoms with van der Waals surface area (Å²) in [6.07, 6.45) is 1.73. The minimum Gasteiger partial charge on any atom is -0.311 e. The lowest BCUT2D eigenvalue weighted by atomic mass is 10.3. The third kappa shape index (κ3) is 4.02. The third-order valence-corrected chi connectivity index (χ3v) is 3.62. The molecule has 0 saturated heterocycles. The molecule has 1 unspecified atom stereocenters. The number of hydrogen-bond donors (Lipinski definition) is 1. The van der Waals surface area contributed by atoms with Crippen molar-refractivity contribution in [2.24, 2.45) is 0 Å². The lowest BCUT2D eigenvalue weighted by molar-refractivity contribution is 0.677. The fraction of sp³-hybridized carbons (Fsp3) is 0.556.